The average molecular weight is 297 g/mol. The zero-order valence-corrected chi connectivity index (χ0v) is 12.6. The summed E-state index contributed by atoms with van der Waals surface area (Å²) in [6.45, 7) is 2.77. The minimum absolute atomic E-state index is 0.113. The molecule has 3 rings (SSSR count). The van der Waals surface area contributed by atoms with Gasteiger partial charge in [-0.1, -0.05) is 6.92 Å². The van der Waals surface area contributed by atoms with Crippen molar-refractivity contribution in [3.05, 3.63) is 26.6 Å². The molecule has 5 heteroatoms. The number of rotatable bonds is 3. The fourth-order valence-corrected chi connectivity index (χ4v) is 4.31. The zero-order valence-electron chi connectivity index (χ0n) is 11.0. The third kappa shape index (κ3) is 2.11. The zero-order chi connectivity index (χ0) is 13.4. The Hall–Kier alpha value is -0.870. The molecular weight excluding hydrogens is 280 g/mol. The molecule has 0 saturated carbocycles. The number of thiophene rings is 1. The van der Waals surface area contributed by atoms with Gasteiger partial charge in [-0.3, -0.25) is 9.36 Å². The maximum atomic E-state index is 12.7. The fraction of sp³-hybridized carbons (Fsp3) is 0.571. The predicted molar refractivity (Wildman–Crippen MR) is 80.4 cm³/mol. The Balaban J connectivity index is 2.31. The number of hydrogen-bond acceptors (Lipinski definition) is 3. The average Bonchev–Trinajstić information content (AvgIpc) is 2.80. The molecular formula is C14H17ClN2OS. The van der Waals surface area contributed by atoms with E-state index in [0.717, 1.165) is 29.5 Å². The van der Waals surface area contributed by atoms with Crippen LogP contribution in [0.4, 0.5) is 0 Å². The lowest BCUT2D eigenvalue weighted by atomic mass is 9.97. The van der Waals surface area contributed by atoms with Crippen LogP contribution < -0.4 is 5.56 Å². The van der Waals surface area contributed by atoms with E-state index in [4.69, 9.17) is 11.6 Å². The van der Waals surface area contributed by atoms with E-state index in [1.807, 2.05) is 0 Å². The Morgan fingerprint density at radius 3 is 2.89 bits per heavy atom. The number of aromatic nitrogens is 2. The Kier molecular flexibility index (Phi) is 3.63. The molecule has 0 aromatic carbocycles. The Labute approximate surface area is 121 Å². The molecule has 3 nitrogen and oxygen atoms in total. The minimum atomic E-state index is 0.113. The number of halogens is 1. The van der Waals surface area contributed by atoms with Gasteiger partial charge in [0.05, 0.1) is 11.3 Å². The standard InChI is InChI=1S/C14H17ClN2OS/c1-2-7-17-11(8-15)16-13-12(14(17)18)9-5-3-4-6-10(9)19-13/h2-8H2,1H3. The summed E-state index contributed by atoms with van der Waals surface area (Å²) >= 11 is 7.64. The highest BCUT2D eigenvalue weighted by molar-refractivity contribution is 7.18. The number of alkyl halides is 1. The molecule has 0 aliphatic heterocycles. The van der Waals surface area contributed by atoms with Crippen LogP contribution in [0.25, 0.3) is 10.2 Å². The van der Waals surface area contributed by atoms with E-state index >= 15 is 0 Å². The minimum Gasteiger partial charge on any atom is -0.295 e. The summed E-state index contributed by atoms with van der Waals surface area (Å²) in [6, 6.07) is 0. The Morgan fingerprint density at radius 1 is 1.37 bits per heavy atom. The van der Waals surface area contributed by atoms with Crippen LogP contribution in [0.1, 0.15) is 42.5 Å². The number of aryl methyl sites for hydroxylation is 2. The summed E-state index contributed by atoms with van der Waals surface area (Å²) in [5.41, 5.74) is 1.37. The van der Waals surface area contributed by atoms with Gasteiger partial charge in [0, 0.05) is 11.4 Å². The van der Waals surface area contributed by atoms with Crippen molar-refractivity contribution in [2.75, 3.05) is 0 Å². The van der Waals surface area contributed by atoms with Crippen LogP contribution in [0.5, 0.6) is 0 Å². The summed E-state index contributed by atoms with van der Waals surface area (Å²) in [6.07, 6.45) is 5.45. The van der Waals surface area contributed by atoms with Crippen LogP contribution in [0.2, 0.25) is 0 Å². The van der Waals surface area contributed by atoms with Crippen LogP contribution in [-0.4, -0.2) is 9.55 Å². The molecule has 1 aliphatic rings. The summed E-state index contributed by atoms with van der Waals surface area (Å²) in [4.78, 5) is 19.6. The molecule has 2 aromatic rings. The molecule has 0 saturated heterocycles. The van der Waals surface area contributed by atoms with E-state index in [1.54, 1.807) is 15.9 Å². The van der Waals surface area contributed by atoms with Gasteiger partial charge < -0.3 is 0 Å². The van der Waals surface area contributed by atoms with Crippen LogP contribution in [0.15, 0.2) is 4.79 Å². The fourth-order valence-electron chi connectivity index (χ4n) is 2.84. The number of hydrogen-bond donors (Lipinski definition) is 0. The van der Waals surface area contributed by atoms with E-state index in [1.165, 1.54) is 23.3 Å². The molecule has 2 heterocycles. The van der Waals surface area contributed by atoms with Crippen molar-refractivity contribution in [3.8, 4) is 0 Å². The number of fused-ring (bicyclic) bond motifs is 3. The van der Waals surface area contributed by atoms with Crippen molar-refractivity contribution in [3.63, 3.8) is 0 Å². The second kappa shape index (κ2) is 5.25. The lowest BCUT2D eigenvalue weighted by Crippen LogP contribution is -2.25. The van der Waals surface area contributed by atoms with E-state index < -0.39 is 0 Å². The van der Waals surface area contributed by atoms with Gasteiger partial charge in [0.2, 0.25) is 0 Å². The first-order valence-electron chi connectivity index (χ1n) is 6.86. The third-order valence-corrected chi connectivity index (χ3v) is 5.15. The van der Waals surface area contributed by atoms with Crippen LogP contribution in [0.3, 0.4) is 0 Å². The van der Waals surface area contributed by atoms with E-state index in [0.29, 0.717) is 18.2 Å². The quantitative estimate of drug-likeness (QED) is 0.813. The van der Waals surface area contributed by atoms with Crippen molar-refractivity contribution < 1.29 is 0 Å². The molecule has 19 heavy (non-hydrogen) atoms. The molecule has 2 aromatic heterocycles. The van der Waals surface area contributed by atoms with Crippen LogP contribution in [-0.2, 0) is 25.3 Å². The molecule has 0 N–H and O–H groups in total. The molecule has 0 radical (unpaired) electrons. The summed E-state index contributed by atoms with van der Waals surface area (Å²) < 4.78 is 1.76. The van der Waals surface area contributed by atoms with E-state index in [-0.39, 0.29) is 5.56 Å². The molecule has 0 bridgehead atoms. The predicted octanol–water partition coefficient (Wildman–Crippen LogP) is 3.49. The van der Waals surface area contributed by atoms with Crippen molar-refractivity contribution >= 4 is 33.2 Å². The summed E-state index contributed by atoms with van der Waals surface area (Å²) in [7, 11) is 0. The maximum absolute atomic E-state index is 12.7. The molecule has 0 fully saturated rings. The van der Waals surface area contributed by atoms with Crippen molar-refractivity contribution in [1.82, 2.24) is 9.55 Å². The molecule has 0 spiro atoms. The van der Waals surface area contributed by atoms with Crippen molar-refractivity contribution in [1.29, 1.82) is 0 Å². The molecule has 102 valence electrons. The van der Waals surface area contributed by atoms with Gasteiger partial charge >= 0.3 is 0 Å². The van der Waals surface area contributed by atoms with E-state index in [2.05, 4.69) is 11.9 Å². The highest BCUT2D eigenvalue weighted by Crippen LogP contribution is 2.33. The molecule has 1 aliphatic carbocycles. The summed E-state index contributed by atoms with van der Waals surface area (Å²) in [5.74, 6) is 1.01. The SMILES string of the molecule is CCCn1c(CCl)nc2sc3c(c2c1=O)CCCC3. The van der Waals surface area contributed by atoms with Crippen molar-refractivity contribution in [2.24, 2.45) is 0 Å². The van der Waals surface area contributed by atoms with Gasteiger partial charge in [-0.2, -0.15) is 0 Å². The largest absolute Gasteiger partial charge is 0.295 e. The lowest BCUT2D eigenvalue weighted by molar-refractivity contribution is 0.621. The molecule has 0 atom stereocenters. The first-order valence-corrected chi connectivity index (χ1v) is 8.21. The second-order valence-corrected chi connectivity index (χ2v) is 6.36. The Bertz CT molecular complexity index is 674. The molecule has 0 unspecified atom stereocenters. The normalized spacial score (nSPS) is 14.8. The van der Waals surface area contributed by atoms with Crippen LogP contribution >= 0.6 is 22.9 Å². The topological polar surface area (TPSA) is 34.9 Å². The monoisotopic (exact) mass is 296 g/mol. The second-order valence-electron chi connectivity index (χ2n) is 5.01. The number of nitrogens with zero attached hydrogens (tertiary/aromatic N) is 2. The summed E-state index contributed by atoms with van der Waals surface area (Å²) in [5, 5.41) is 0.863. The smallest absolute Gasteiger partial charge is 0.262 e. The highest BCUT2D eigenvalue weighted by Gasteiger charge is 2.21. The van der Waals surface area contributed by atoms with Crippen molar-refractivity contribution in [2.45, 2.75) is 51.5 Å². The van der Waals surface area contributed by atoms with E-state index in [9.17, 15) is 4.79 Å². The van der Waals surface area contributed by atoms with Crippen LogP contribution in [0, 0.1) is 0 Å². The van der Waals surface area contributed by atoms with Gasteiger partial charge in [0.15, 0.2) is 0 Å². The van der Waals surface area contributed by atoms with Gasteiger partial charge in [-0.05, 0) is 37.7 Å². The first-order chi connectivity index (χ1) is 9.26. The lowest BCUT2D eigenvalue weighted by Gasteiger charge is -2.12. The Morgan fingerprint density at radius 2 is 2.16 bits per heavy atom. The van der Waals surface area contributed by atoms with Gasteiger partial charge in [-0.15, -0.1) is 22.9 Å². The molecule has 0 amide bonds. The van der Waals surface area contributed by atoms with Gasteiger partial charge in [-0.25, -0.2) is 4.98 Å². The van der Waals surface area contributed by atoms with Gasteiger partial charge in [0.25, 0.3) is 5.56 Å². The third-order valence-electron chi connectivity index (χ3n) is 3.72. The van der Waals surface area contributed by atoms with Gasteiger partial charge in [0.1, 0.15) is 10.7 Å². The highest BCUT2D eigenvalue weighted by atomic mass is 35.5. The maximum Gasteiger partial charge on any atom is 0.262 e. The first kappa shape index (κ1) is 13.1.